The largest absolute Gasteiger partial charge is 0.462 e. The SMILES string of the molecule is CCCCC(CCCC)OC(=O)CCCCCCCCC(CCCCCCCCC(=O)OC(CCCC)CCCC)OC(=O)COCCCN(C)C. The second-order valence-corrected chi connectivity index (χ2v) is 15.4. The van der Waals surface area contributed by atoms with E-state index in [-0.39, 0.29) is 42.8 Å². The lowest BCUT2D eigenvalue weighted by Crippen LogP contribution is -2.23. The van der Waals surface area contributed by atoms with Gasteiger partial charge in [0.1, 0.15) is 24.9 Å². The Hall–Kier alpha value is -1.67. The zero-order valence-corrected chi connectivity index (χ0v) is 35.2. The molecule has 0 aromatic heterocycles. The summed E-state index contributed by atoms with van der Waals surface area (Å²) in [6.07, 6.45) is 29.4. The van der Waals surface area contributed by atoms with E-state index < -0.39 is 0 Å². The van der Waals surface area contributed by atoms with Crippen LogP contribution >= 0.6 is 0 Å². The fourth-order valence-corrected chi connectivity index (χ4v) is 6.56. The van der Waals surface area contributed by atoms with E-state index in [0.29, 0.717) is 19.4 Å². The van der Waals surface area contributed by atoms with Crippen LogP contribution in [0.1, 0.15) is 214 Å². The van der Waals surface area contributed by atoms with Crippen LogP contribution in [0, 0.1) is 0 Å². The zero-order chi connectivity index (χ0) is 38.5. The maximum Gasteiger partial charge on any atom is 0.332 e. The lowest BCUT2D eigenvalue weighted by atomic mass is 10.0. The second kappa shape index (κ2) is 37.6. The lowest BCUT2D eigenvalue weighted by Gasteiger charge is -2.18. The Morgan fingerprint density at radius 2 is 0.750 bits per heavy atom. The first-order valence-corrected chi connectivity index (χ1v) is 22.1. The Morgan fingerprint density at radius 1 is 0.423 bits per heavy atom. The van der Waals surface area contributed by atoms with Crippen LogP contribution in [0.15, 0.2) is 0 Å². The van der Waals surface area contributed by atoms with Gasteiger partial charge in [-0.3, -0.25) is 9.59 Å². The number of ether oxygens (including phenoxy) is 4. The number of carbonyl (C=O) groups excluding carboxylic acids is 3. The van der Waals surface area contributed by atoms with Gasteiger partial charge in [0.25, 0.3) is 0 Å². The number of unbranched alkanes of at least 4 members (excludes halogenated alkanes) is 14. The van der Waals surface area contributed by atoms with Gasteiger partial charge in [-0.05, 0) is 91.3 Å². The van der Waals surface area contributed by atoms with Gasteiger partial charge in [-0.2, -0.15) is 0 Å². The highest BCUT2D eigenvalue weighted by atomic mass is 16.6. The predicted molar refractivity (Wildman–Crippen MR) is 216 cm³/mol. The van der Waals surface area contributed by atoms with E-state index in [1.807, 2.05) is 14.1 Å². The fourth-order valence-electron chi connectivity index (χ4n) is 6.56. The quantitative estimate of drug-likeness (QED) is 0.0349. The van der Waals surface area contributed by atoms with Crippen LogP contribution in [0.3, 0.4) is 0 Å². The second-order valence-electron chi connectivity index (χ2n) is 15.4. The molecule has 0 aromatic rings. The summed E-state index contributed by atoms with van der Waals surface area (Å²) in [4.78, 5) is 39.5. The molecule has 0 rings (SSSR count). The van der Waals surface area contributed by atoms with E-state index in [1.54, 1.807) is 0 Å². The summed E-state index contributed by atoms with van der Waals surface area (Å²) in [6.45, 7) is 10.2. The van der Waals surface area contributed by atoms with Crippen molar-refractivity contribution in [1.29, 1.82) is 0 Å². The Bertz CT molecular complexity index is 754. The highest BCUT2D eigenvalue weighted by molar-refractivity contribution is 5.71. The Balaban J connectivity index is 4.40. The Morgan fingerprint density at radius 3 is 1.12 bits per heavy atom. The van der Waals surface area contributed by atoms with Crippen LogP contribution in [-0.4, -0.2) is 75.0 Å². The van der Waals surface area contributed by atoms with Crippen molar-refractivity contribution in [3.05, 3.63) is 0 Å². The predicted octanol–water partition coefficient (Wildman–Crippen LogP) is 11.7. The minimum atomic E-state index is -0.258. The van der Waals surface area contributed by atoms with Crippen molar-refractivity contribution in [3.8, 4) is 0 Å². The van der Waals surface area contributed by atoms with E-state index in [9.17, 15) is 14.4 Å². The molecule has 52 heavy (non-hydrogen) atoms. The summed E-state index contributed by atoms with van der Waals surface area (Å²) in [5.41, 5.74) is 0. The van der Waals surface area contributed by atoms with E-state index >= 15 is 0 Å². The van der Waals surface area contributed by atoms with Crippen LogP contribution < -0.4 is 0 Å². The van der Waals surface area contributed by atoms with E-state index in [2.05, 4.69) is 32.6 Å². The third kappa shape index (κ3) is 34.1. The molecule has 0 amide bonds. The van der Waals surface area contributed by atoms with Gasteiger partial charge >= 0.3 is 17.9 Å². The summed E-state index contributed by atoms with van der Waals surface area (Å²) in [7, 11) is 4.06. The monoisotopic (exact) mass is 740 g/mol. The molecule has 0 heterocycles. The van der Waals surface area contributed by atoms with E-state index in [4.69, 9.17) is 18.9 Å². The standard InChI is InChI=1S/C44H85NO7/c1-7-11-28-39(29-12-8-2)50-42(46)34-25-21-17-15-19-23-32-41(52-44(48)38-49-37-27-36-45(5)6)33-24-20-16-18-22-26-35-43(47)51-40(30-13-9-3)31-14-10-4/h39-41H,7-38H2,1-6H3. The van der Waals surface area contributed by atoms with Crippen LogP contribution in [0.4, 0.5) is 0 Å². The van der Waals surface area contributed by atoms with Gasteiger partial charge in [0.2, 0.25) is 0 Å². The minimum Gasteiger partial charge on any atom is -0.462 e. The summed E-state index contributed by atoms with van der Waals surface area (Å²) >= 11 is 0. The molecule has 0 aromatic carbocycles. The average Bonchev–Trinajstić information content (AvgIpc) is 3.12. The fraction of sp³-hybridized carbons (Fsp3) is 0.932. The molecule has 0 bridgehead atoms. The lowest BCUT2D eigenvalue weighted by molar-refractivity contribution is -0.155. The molecule has 0 aliphatic heterocycles. The van der Waals surface area contributed by atoms with Gasteiger partial charge in [-0.1, -0.05) is 130 Å². The van der Waals surface area contributed by atoms with Gasteiger partial charge < -0.3 is 23.8 Å². The third-order valence-electron chi connectivity index (χ3n) is 9.84. The first-order valence-electron chi connectivity index (χ1n) is 22.1. The number of esters is 3. The Kier molecular flexibility index (Phi) is 36.4. The number of rotatable bonds is 39. The molecule has 8 nitrogen and oxygen atoms in total. The van der Waals surface area contributed by atoms with Gasteiger partial charge in [-0.25, -0.2) is 4.79 Å². The van der Waals surface area contributed by atoms with Crippen molar-refractivity contribution in [3.63, 3.8) is 0 Å². The molecule has 308 valence electrons. The highest BCUT2D eigenvalue weighted by Gasteiger charge is 2.16. The summed E-state index contributed by atoms with van der Waals surface area (Å²) in [5, 5.41) is 0. The summed E-state index contributed by atoms with van der Waals surface area (Å²) < 4.78 is 23.1. The first kappa shape index (κ1) is 50.3. The summed E-state index contributed by atoms with van der Waals surface area (Å²) in [5.74, 6) is -0.318. The van der Waals surface area contributed by atoms with Crippen molar-refractivity contribution in [2.45, 2.75) is 232 Å². The van der Waals surface area contributed by atoms with Gasteiger partial charge in [0, 0.05) is 19.4 Å². The minimum absolute atomic E-state index is 0.0186. The molecule has 0 spiro atoms. The van der Waals surface area contributed by atoms with Crippen LogP contribution in [-0.2, 0) is 33.3 Å². The van der Waals surface area contributed by atoms with Crippen LogP contribution in [0.25, 0.3) is 0 Å². The molecule has 0 atom stereocenters. The van der Waals surface area contributed by atoms with Gasteiger partial charge in [0.15, 0.2) is 0 Å². The van der Waals surface area contributed by atoms with E-state index in [0.717, 1.165) is 180 Å². The molecule has 0 radical (unpaired) electrons. The molecule has 0 saturated heterocycles. The molecular formula is C44H85NO7. The topological polar surface area (TPSA) is 91.4 Å². The van der Waals surface area contributed by atoms with Crippen molar-refractivity contribution < 1.29 is 33.3 Å². The van der Waals surface area contributed by atoms with Crippen molar-refractivity contribution in [2.75, 3.05) is 33.9 Å². The van der Waals surface area contributed by atoms with Crippen molar-refractivity contribution >= 4 is 17.9 Å². The zero-order valence-electron chi connectivity index (χ0n) is 35.2. The molecule has 0 aliphatic rings. The number of hydrogen-bond acceptors (Lipinski definition) is 8. The number of carbonyl (C=O) groups is 3. The van der Waals surface area contributed by atoms with Crippen LogP contribution in [0.5, 0.6) is 0 Å². The smallest absolute Gasteiger partial charge is 0.332 e. The molecule has 0 saturated carbocycles. The molecule has 0 aliphatic carbocycles. The number of nitrogens with zero attached hydrogens (tertiary/aromatic N) is 1. The maximum atomic E-state index is 12.6. The molecule has 0 unspecified atom stereocenters. The van der Waals surface area contributed by atoms with Gasteiger partial charge in [-0.15, -0.1) is 0 Å². The highest BCUT2D eigenvalue weighted by Crippen LogP contribution is 2.19. The first-order chi connectivity index (χ1) is 25.2. The Labute approximate surface area is 321 Å². The molecule has 8 heteroatoms. The van der Waals surface area contributed by atoms with E-state index in [1.165, 1.54) is 0 Å². The maximum absolute atomic E-state index is 12.6. The molecular weight excluding hydrogens is 654 g/mol. The van der Waals surface area contributed by atoms with Crippen molar-refractivity contribution in [1.82, 2.24) is 4.90 Å². The summed E-state index contributed by atoms with van der Waals surface area (Å²) in [6, 6.07) is 0. The number of hydrogen-bond donors (Lipinski definition) is 0. The normalized spacial score (nSPS) is 11.7. The molecule has 0 N–H and O–H groups in total. The molecule has 0 fully saturated rings. The van der Waals surface area contributed by atoms with Gasteiger partial charge in [0.05, 0.1) is 0 Å². The third-order valence-corrected chi connectivity index (χ3v) is 9.84. The van der Waals surface area contributed by atoms with Crippen molar-refractivity contribution in [2.24, 2.45) is 0 Å². The van der Waals surface area contributed by atoms with Crippen LogP contribution in [0.2, 0.25) is 0 Å². The average molecular weight is 740 g/mol.